The summed E-state index contributed by atoms with van der Waals surface area (Å²) in [6.45, 7) is 0.257. The summed E-state index contributed by atoms with van der Waals surface area (Å²) >= 11 is 6.98. The minimum Gasteiger partial charge on any atom is -0.463 e. The topological polar surface area (TPSA) is 403 Å². The minimum absolute atomic E-state index is 0.0190. The van der Waals surface area contributed by atoms with Gasteiger partial charge in [-0.3, -0.25) is 0 Å². The highest BCUT2D eigenvalue weighted by molar-refractivity contribution is 7.12. The molecule has 36 nitrogen and oxygen atoms in total. The molecule has 0 saturated carbocycles. The van der Waals surface area contributed by atoms with E-state index in [0.29, 0.717) is 49.2 Å². The molecule has 0 bridgehead atoms. The van der Waals surface area contributed by atoms with Crippen molar-refractivity contribution < 1.29 is 33.6 Å². The predicted molar refractivity (Wildman–Crippen MR) is 259 cm³/mol. The summed E-state index contributed by atoms with van der Waals surface area (Å²) in [5.41, 5.74) is 0.904. The average Bonchev–Trinajstić information content (AvgIpc) is 4.27. The van der Waals surface area contributed by atoms with Crippen LogP contribution in [0.5, 0.6) is 20.8 Å². The molecule has 0 atom stereocenters. The standard InChI is InChI=1S/C9H8N6O3S.C9H8N6O2S2.C8H7N7O3S.C8H7N7O2S2/c1-14-9(16)15(13-12-14)7-5-18-11-6(7)4-17-8-10-2-3-19-8;1-14-9(16)15(13-12-14)7-5-19-11-6(7)4-17-8-10-2-3-18-8;1-14-8(16)15(13-12-14)6-5(10-18-11-6)4-17-7-9-2-3-19-7;1-14-8(16)15(13-12-14)6-5(10-19-11-6)4-17-7-9-2-3-18-7/h2*2-3,5H,4H2,1H3;2*2-3H,4H2,1H3/i4*2T. The van der Waals surface area contributed by atoms with Gasteiger partial charge < -0.3 is 23.5 Å². The molecule has 0 fully saturated rings. The molecule has 12 aromatic rings. The van der Waals surface area contributed by atoms with E-state index in [2.05, 4.69) is 94.9 Å². The first-order chi connectivity index (χ1) is 38.6. The Labute approximate surface area is 448 Å². The molecule has 0 radical (unpaired) electrons. The van der Waals surface area contributed by atoms with Crippen molar-refractivity contribution in [3.05, 3.63) is 123 Å². The molecule has 392 valence electrons. The highest BCUT2D eigenvalue weighted by Gasteiger charge is 2.20. The van der Waals surface area contributed by atoms with E-state index in [-0.39, 0.29) is 74.1 Å². The number of aromatic nitrogens is 26. The number of tetrazole rings is 4. The van der Waals surface area contributed by atoms with Crippen molar-refractivity contribution in [2.75, 3.05) is 0 Å². The zero-order valence-corrected chi connectivity index (χ0v) is 43.4. The molecule has 0 unspecified atom stereocenters. The van der Waals surface area contributed by atoms with E-state index in [1.165, 1.54) is 101 Å². The Kier molecular flexibility index (Phi) is 14.8. The molecule has 0 saturated heterocycles. The summed E-state index contributed by atoms with van der Waals surface area (Å²) in [7, 11) is 5.96. The van der Waals surface area contributed by atoms with Crippen molar-refractivity contribution in [3.63, 3.8) is 0 Å². The van der Waals surface area contributed by atoms with E-state index in [4.69, 9.17) is 29.0 Å². The van der Waals surface area contributed by atoms with Gasteiger partial charge in [0.15, 0.2) is 5.69 Å². The molecule has 12 rings (SSSR count). The number of rotatable bonds is 16. The number of hydrogen-bond acceptors (Lipinski definition) is 34. The molecule has 0 N–H and O–H groups in total. The molecule has 0 amide bonds. The van der Waals surface area contributed by atoms with Gasteiger partial charge in [-0.1, -0.05) is 50.5 Å². The lowest BCUT2D eigenvalue weighted by atomic mass is 10.4. The molecule has 0 aliphatic carbocycles. The summed E-state index contributed by atoms with van der Waals surface area (Å²) in [5.74, 6) is 0.390. The second kappa shape index (κ2) is 24.2. The second-order valence-corrected chi connectivity index (χ2v) is 18.1. The maximum atomic E-state index is 11.8. The van der Waals surface area contributed by atoms with E-state index >= 15 is 0 Å². The van der Waals surface area contributed by atoms with Crippen LogP contribution in [0.2, 0.25) is 0 Å². The van der Waals surface area contributed by atoms with Gasteiger partial charge in [-0.2, -0.15) is 41.2 Å². The Bertz CT molecular complexity index is 3690. The van der Waals surface area contributed by atoms with Crippen LogP contribution in [0, 0.1) is 0 Å². The molecule has 0 spiro atoms. The van der Waals surface area contributed by atoms with Crippen LogP contribution >= 0.6 is 68.6 Å². The van der Waals surface area contributed by atoms with Crippen molar-refractivity contribution >= 4 is 68.6 Å². The summed E-state index contributed by atoms with van der Waals surface area (Å²) < 4.78 is 81.0. The lowest BCUT2D eigenvalue weighted by molar-refractivity contribution is 0.269. The van der Waals surface area contributed by atoms with Crippen molar-refractivity contribution in [3.8, 4) is 43.8 Å². The molecule has 12 heterocycles. The van der Waals surface area contributed by atoms with Crippen LogP contribution in [-0.2, 0) is 54.6 Å². The zero-order valence-electron chi connectivity index (χ0n) is 42.5. The Hall–Kier alpha value is -9.26. The van der Waals surface area contributed by atoms with Crippen LogP contribution in [0.4, 0.5) is 0 Å². The molecule has 76 heavy (non-hydrogen) atoms. The first kappa shape index (κ1) is 46.5. The van der Waals surface area contributed by atoms with Gasteiger partial charge in [0.1, 0.15) is 61.1 Å². The molecular formula is C34H30N26O10S6. The van der Waals surface area contributed by atoms with Crippen LogP contribution in [0.1, 0.15) is 28.3 Å². The van der Waals surface area contributed by atoms with Gasteiger partial charge in [0, 0.05) is 79.8 Å². The Morgan fingerprint density at radius 2 is 0.908 bits per heavy atom. The van der Waals surface area contributed by atoms with Crippen molar-refractivity contribution in [1.29, 1.82) is 0 Å². The fraction of sp³-hybridized carbons (Fsp3) is 0.235. The lowest BCUT2D eigenvalue weighted by Crippen LogP contribution is -2.23. The van der Waals surface area contributed by atoms with E-state index < -0.39 is 17.1 Å². The first-order valence-corrected chi connectivity index (χ1v) is 25.3. The van der Waals surface area contributed by atoms with Crippen LogP contribution in [-0.4, -0.2) is 128 Å². The fourth-order valence-corrected chi connectivity index (χ4v) is 8.25. The van der Waals surface area contributed by atoms with Gasteiger partial charge in [0.25, 0.3) is 20.8 Å². The van der Waals surface area contributed by atoms with Gasteiger partial charge in [0.05, 0.1) is 17.2 Å². The molecule has 12 aromatic heterocycles. The SMILES string of the molecule is [3H]c1csc(OCc2nocc2-n2nnn(C)c2=O)n1.[3H]c1csc(OCc2nonc2-n2nnn(C)c2=O)n1.[3H]c1csc(OCc2nscc2-n2nnn(C)c2=O)n1.[3H]c1csc(OCc2nsnc2-n2nnn(C)c2=O)n1. The van der Waals surface area contributed by atoms with Gasteiger partial charge >= 0.3 is 22.8 Å². The summed E-state index contributed by atoms with van der Waals surface area (Å²) in [6, 6.07) is 0. The summed E-state index contributed by atoms with van der Waals surface area (Å²) in [4.78, 5) is 62.4. The third-order valence-corrected chi connectivity index (χ3v) is 12.6. The predicted octanol–water partition coefficient (Wildman–Crippen LogP) is -0.315. The maximum Gasteiger partial charge on any atom is 0.369 e. The van der Waals surface area contributed by atoms with Crippen molar-refractivity contribution in [2.45, 2.75) is 26.4 Å². The van der Waals surface area contributed by atoms with E-state index in [1.807, 2.05) is 0 Å². The van der Waals surface area contributed by atoms with Crippen LogP contribution in [0.3, 0.4) is 0 Å². The summed E-state index contributed by atoms with van der Waals surface area (Å²) in [6.07, 6.45) is 1.84. The lowest BCUT2D eigenvalue weighted by Gasteiger charge is -2.01. The second-order valence-electron chi connectivity index (χ2n) is 13.7. The Morgan fingerprint density at radius 1 is 0.474 bits per heavy atom. The zero-order chi connectivity index (χ0) is 56.5. The van der Waals surface area contributed by atoms with Gasteiger partial charge in [-0.15, -0.1) is 9.36 Å². The van der Waals surface area contributed by atoms with Gasteiger partial charge in [-0.25, -0.2) is 43.7 Å². The maximum absolute atomic E-state index is 11.8. The van der Waals surface area contributed by atoms with Gasteiger partial charge in [0.2, 0.25) is 11.6 Å². The average molecular weight is 1160 g/mol. The number of ether oxygens (including phenoxy) is 4. The van der Waals surface area contributed by atoms with Crippen LogP contribution in [0.15, 0.2) is 86.2 Å². The third kappa shape index (κ3) is 12.2. The fourth-order valence-electron chi connectivity index (χ4n) is 5.30. The van der Waals surface area contributed by atoms with E-state index in [1.54, 1.807) is 21.5 Å². The van der Waals surface area contributed by atoms with E-state index in [9.17, 15) is 19.2 Å². The Balaban J connectivity index is 0.000000129. The highest BCUT2D eigenvalue weighted by Crippen LogP contribution is 2.21. The smallest absolute Gasteiger partial charge is 0.369 e. The number of thiazole rings is 4. The first-order valence-electron chi connectivity index (χ1n) is 22.3. The normalized spacial score (nSPS) is 11.5. The molecule has 0 aliphatic rings. The highest BCUT2D eigenvalue weighted by atomic mass is 32.1. The van der Waals surface area contributed by atoms with E-state index in [0.717, 1.165) is 44.5 Å². The van der Waals surface area contributed by atoms with Crippen LogP contribution in [0.25, 0.3) is 23.0 Å². The number of nitrogens with zero attached hydrogens (tertiary/aromatic N) is 26. The summed E-state index contributed by atoms with van der Waals surface area (Å²) in [5, 5.41) is 49.6. The molecular weight excluding hydrogens is 1120 g/mol. The number of aryl methyl sites for hydroxylation is 4. The Morgan fingerprint density at radius 3 is 1.37 bits per heavy atom. The monoisotopic (exact) mass is 1160 g/mol. The molecule has 0 aliphatic heterocycles. The van der Waals surface area contributed by atoms with Crippen molar-refractivity contribution in [2.24, 2.45) is 28.2 Å². The molecule has 42 heteroatoms. The van der Waals surface area contributed by atoms with Crippen molar-refractivity contribution in [1.82, 2.24) is 128 Å². The largest absolute Gasteiger partial charge is 0.463 e. The minimum atomic E-state index is -0.482. The molecule has 0 aromatic carbocycles. The van der Waals surface area contributed by atoms with Crippen LogP contribution < -0.4 is 41.7 Å². The third-order valence-electron chi connectivity index (χ3n) is 8.87. The van der Waals surface area contributed by atoms with Gasteiger partial charge in [-0.05, 0) is 63.6 Å². The quantitative estimate of drug-likeness (QED) is 0.120. The number of hydrogen-bond donors (Lipinski definition) is 0.